The number of pyridine rings is 1. The molecule has 0 saturated heterocycles. The highest BCUT2D eigenvalue weighted by Gasteiger charge is 2.10. The number of aryl methyl sites for hydroxylation is 1. The number of ether oxygens (including phenoxy) is 1. The van der Waals surface area contributed by atoms with E-state index in [0.717, 1.165) is 22.7 Å². The summed E-state index contributed by atoms with van der Waals surface area (Å²) >= 11 is 5.98. The van der Waals surface area contributed by atoms with Crippen LogP contribution < -0.4 is 4.74 Å². The molecule has 19 heavy (non-hydrogen) atoms. The van der Waals surface area contributed by atoms with Crippen molar-refractivity contribution in [2.45, 2.75) is 6.92 Å². The lowest BCUT2D eigenvalue weighted by Crippen LogP contribution is -1.88. The minimum atomic E-state index is 0.688. The molecule has 0 amide bonds. The van der Waals surface area contributed by atoms with Crippen LogP contribution in [0, 0.1) is 6.92 Å². The van der Waals surface area contributed by atoms with Crippen LogP contribution in [-0.2, 0) is 0 Å². The molecule has 0 aliphatic heterocycles. The molecule has 0 unspecified atom stereocenters. The maximum absolute atomic E-state index is 5.98. The van der Waals surface area contributed by atoms with Crippen molar-refractivity contribution in [3.8, 4) is 17.0 Å². The van der Waals surface area contributed by atoms with Crippen LogP contribution in [0.15, 0.2) is 42.7 Å². The summed E-state index contributed by atoms with van der Waals surface area (Å²) in [5.74, 6) is 0.820. The highest BCUT2D eigenvalue weighted by atomic mass is 35.5. The van der Waals surface area contributed by atoms with Gasteiger partial charge in [0.2, 0.25) is 0 Å². The number of methoxy groups -OCH3 is 1. The summed E-state index contributed by atoms with van der Waals surface area (Å²) in [6, 6.07) is 9.79. The monoisotopic (exact) mass is 272 g/mol. The molecule has 3 rings (SSSR count). The summed E-state index contributed by atoms with van der Waals surface area (Å²) in [7, 11) is 1.67. The van der Waals surface area contributed by atoms with Crippen molar-refractivity contribution in [3.05, 3.63) is 53.3 Å². The molecule has 3 nitrogen and oxygen atoms in total. The molecule has 0 spiro atoms. The van der Waals surface area contributed by atoms with Gasteiger partial charge in [-0.3, -0.25) is 0 Å². The Balaban J connectivity index is 2.21. The largest absolute Gasteiger partial charge is 0.496 e. The second-order valence-electron chi connectivity index (χ2n) is 4.44. The van der Waals surface area contributed by atoms with Gasteiger partial charge in [-0.2, -0.15) is 0 Å². The van der Waals surface area contributed by atoms with Crippen LogP contribution in [-0.4, -0.2) is 16.5 Å². The average Bonchev–Trinajstić information content (AvgIpc) is 2.81. The van der Waals surface area contributed by atoms with Gasteiger partial charge in [0.05, 0.1) is 17.8 Å². The number of fused-ring (bicyclic) bond motifs is 1. The second-order valence-corrected chi connectivity index (χ2v) is 4.88. The predicted octanol–water partition coefficient (Wildman–Crippen LogP) is 3.97. The maximum Gasteiger partial charge on any atom is 0.137 e. The first-order valence-electron chi connectivity index (χ1n) is 5.96. The minimum Gasteiger partial charge on any atom is -0.496 e. The Hall–Kier alpha value is -2.00. The van der Waals surface area contributed by atoms with Crippen molar-refractivity contribution in [1.29, 1.82) is 0 Å². The van der Waals surface area contributed by atoms with Crippen molar-refractivity contribution in [3.63, 3.8) is 0 Å². The second kappa shape index (κ2) is 4.59. The Morgan fingerprint density at radius 2 is 2.00 bits per heavy atom. The van der Waals surface area contributed by atoms with Gasteiger partial charge in [0.1, 0.15) is 11.4 Å². The molecule has 0 saturated carbocycles. The van der Waals surface area contributed by atoms with Gasteiger partial charge in [-0.25, -0.2) is 4.98 Å². The Morgan fingerprint density at radius 3 is 2.79 bits per heavy atom. The molecule has 2 aromatic heterocycles. The topological polar surface area (TPSA) is 26.5 Å². The molecule has 0 atom stereocenters. The fourth-order valence-corrected chi connectivity index (χ4v) is 2.28. The molecule has 1 aromatic carbocycles. The maximum atomic E-state index is 5.98. The molecule has 0 bridgehead atoms. The lowest BCUT2D eigenvalue weighted by Gasteiger charge is -2.06. The quantitative estimate of drug-likeness (QED) is 0.706. The Morgan fingerprint density at radius 1 is 1.16 bits per heavy atom. The van der Waals surface area contributed by atoms with Gasteiger partial charge in [0.15, 0.2) is 0 Å². The van der Waals surface area contributed by atoms with E-state index in [9.17, 15) is 0 Å². The zero-order valence-corrected chi connectivity index (χ0v) is 11.5. The molecule has 2 heterocycles. The zero-order valence-electron chi connectivity index (χ0n) is 10.7. The molecule has 0 fully saturated rings. The van der Waals surface area contributed by atoms with Gasteiger partial charge in [-0.15, -0.1) is 0 Å². The van der Waals surface area contributed by atoms with E-state index in [4.69, 9.17) is 16.3 Å². The average molecular weight is 273 g/mol. The number of hydrogen-bond acceptors (Lipinski definition) is 2. The molecule has 0 aliphatic carbocycles. The van der Waals surface area contributed by atoms with Crippen molar-refractivity contribution in [1.82, 2.24) is 9.38 Å². The fraction of sp³-hybridized carbons (Fsp3) is 0.133. The highest BCUT2D eigenvalue weighted by Crippen LogP contribution is 2.30. The van der Waals surface area contributed by atoms with Gasteiger partial charge in [0, 0.05) is 18.0 Å². The number of benzene rings is 1. The molecule has 0 radical (unpaired) electrons. The normalized spacial score (nSPS) is 10.9. The van der Waals surface area contributed by atoms with Crippen LogP contribution in [0.3, 0.4) is 0 Å². The summed E-state index contributed by atoms with van der Waals surface area (Å²) in [5, 5.41) is 0.688. The van der Waals surface area contributed by atoms with Crippen LogP contribution in [0.4, 0.5) is 0 Å². The lowest BCUT2D eigenvalue weighted by atomic mass is 10.1. The van der Waals surface area contributed by atoms with E-state index in [1.807, 2.05) is 41.1 Å². The van der Waals surface area contributed by atoms with Gasteiger partial charge < -0.3 is 9.14 Å². The smallest absolute Gasteiger partial charge is 0.137 e. The summed E-state index contributed by atoms with van der Waals surface area (Å²) in [6.07, 6.45) is 3.80. The Bertz CT molecular complexity index is 749. The molecule has 4 heteroatoms. The molecule has 0 aliphatic rings. The van der Waals surface area contributed by atoms with E-state index < -0.39 is 0 Å². The standard InChI is InChI=1S/C15H13ClN2O/c1-10-3-5-14(19-2)12(7-10)13-9-18-8-11(16)4-6-15(18)17-13/h3-9H,1-2H3. The summed E-state index contributed by atoms with van der Waals surface area (Å²) < 4.78 is 7.32. The molecule has 0 N–H and O–H groups in total. The van der Waals surface area contributed by atoms with E-state index in [1.165, 1.54) is 5.56 Å². The minimum absolute atomic E-state index is 0.688. The highest BCUT2D eigenvalue weighted by molar-refractivity contribution is 6.30. The first-order valence-corrected chi connectivity index (χ1v) is 6.34. The summed E-state index contributed by atoms with van der Waals surface area (Å²) in [4.78, 5) is 4.60. The third-order valence-electron chi connectivity index (χ3n) is 3.05. The van der Waals surface area contributed by atoms with E-state index in [0.29, 0.717) is 5.02 Å². The first-order chi connectivity index (χ1) is 9.17. The van der Waals surface area contributed by atoms with Crippen molar-refractivity contribution in [2.24, 2.45) is 0 Å². The number of aromatic nitrogens is 2. The van der Waals surface area contributed by atoms with Crippen LogP contribution in [0.25, 0.3) is 16.9 Å². The van der Waals surface area contributed by atoms with E-state index >= 15 is 0 Å². The number of nitrogens with zero attached hydrogens (tertiary/aromatic N) is 2. The summed E-state index contributed by atoms with van der Waals surface area (Å²) in [6.45, 7) is 2.05. The predicted molar refractivity (Wildman–Crippen MR) is 76.9 cm³/mol. The SMILES string of the molecule is COc1ccc(C)cc1-c1cn2cc(Cl)ccc2n1. The Labute approximate surface area is 116 Å². The number of hydrogen-bond donors (Lipinski definition) is 0. The number of rotatable bonds is 2. The number of halogens is 1. The van der Waals surface area contributed by atoms with E-state index in [-0.39, 0.29) is 0 Å². The zero-order chi connectivity index (χ0) is 13.4. The van der Waals surface area contributed by atoms with Crippen molar-refractivity contribution < 1.29 is 4.74 Å². The van der Waals surface area contributed by atoms with Crippen LogP contribution in [0.2, 0.25) is 5.02 Å². The molecule has 3 aromatic rings. The summed E-state index contributed by atoms with van der Waals surface area (Å²) in [5.41, 5.74) is 3.90. The molecule has 96 valence electrons. The van der Waals surface area contributed by atoms with Gasteiger partial charge in [-0.05, 0) is 31.2 Å². The van der Waals surface area contributed by atoms with Crippen LogP contribution >= 0.6 is 11.6 Å². The van der Waals surface area contributed by atoms with Crippen molar-refractivity contribution >= 4 is 17.2 Å². The fourth-order valence-electron chi connectivity index (χ4n) is 2.12. The van der Waals surface area contributed by atoms with Crippen LogP contribution in [0.1, 0.15) is 5.56 Å². The lowest BCUT2D eigenvalue weighted by molar-refractivity contribution is 0.416. The third kappa shape index (κ3) is 2.17. The Kier molecular flexibility index (Phi) is 2.91. The van der Waals surface area contributed by atoms with E-state index in [2.05, 4.69) is 18.0 Å². The molecular weight excluding hydrogens is 260 g/mol. The first kappa shape index (κ1) is 12.1. The van der Waals surface area contributed by atoms with E-state index in [1.54, 1.807) is 7.11 Å². The van der Waals surface area contributed by atoms with Gasteiger partial charge >= 0.3 is 0 Å². The third-order valence-corrected chi connectivity index (χ3v) is 3.27. The molecular formula is C15H13ClN2O. The van der Waals surface area contributed by atoms with Gasteiger partial charge in [0.25, 0.3) is 0 Å². The van der Waals surface area contributed by atoms with Gasteiger partial charge in [-0.1, -0.05) is 23.2 Å². The van der Waals surface area contributed by atoms with Crippen LogP contribution in [0.5, 0.6) is 5.75 Å². The number of imidazole rings is 1. The van der Waals surface area contributed by atoms with Crippen molar-refractivity contribution in [2.75, 3.05) is 7.11 Å².